The van der Waals surface area contributed by atoms with E-state index in [4.69, 9.17) is 4.52 Å². The van der Waals surface area contributed by atoms with E-state index in [1.54, 1.807) is 4.90 Å². The Morgan fingerprint density at radius 1 is 1.47 bits per heavy atom. The molecule has 1 saturated heterocycles. The summed E-state index contributed by atoms with van der Waals surface area (Å²) in [5, 5.41) is 6.52. The second-order valence-corrected chi connectivity index (χ2v) is 4.75. The first-order valence-electron chi connectivity index (χ1n) is 6.64. The number of aromatic nitrogens is 1. The third-order valence-corrected chi connectivity index (χ3v) is 3.35. The SMILES string of the molecule is CCc1c(C)noc1NC(=O)CN1CCCCC1=O. The van der Waals surface area contributed by atoms with Crippen molar-refractivity contribution < 1.29 is 14.1 Å². The molecule has 1 aliphatic rings. The van der Waals surface area contributed by atoms with Gasteiger partial charge in [-0.2, -0.15) is 0 Å². The molecule has 104 valence electrons. The highest BCUT2D eigenvalue weighted by atomic mass is 16.5. The van der Waals surface area contributed by atoms with E-state index in [2.05, 4.69) is 10.5 Å². The van der Waals surface area contributed by atoms with Gasteiger partial charge >= 0.3 is 0 Å². The molecule has 1 fully saturated rings. The third-order valence-electron chi connectivity index (χ3n) is 3.35. The van der Waals surface area contributed by atoms with Crippen LogP contribution in [0.15, 0.2) is 4.52 Å². The Kier molecular flexibility index (Phi) is 4.19. The second-order valence-electron chi connectivity index (χ2n) is 4.75. The monoisotopic (exact) mass is 265 g/mol. The number of hydrogen-bond donors (Lipinski definition) is 1. The minimum Gasteiger partial charge on any atom is -0.338 e. The highest BCUT2D eigenvalue weighted by molar-refractivity contribution is 5.94. The first kappa shape index (κ1) is 13.6. The van der Waals surface area contributed by atoms with Crippen molar-refractivity contribution in [2.45, 2.75) is 39.5 Å². The van der Waals surface area contributed by atoms with Crippen molar-refractivity contribution >= 4 is 17.7 Å². The van der Waals surface area contributed by atoms with Crippen LogP contribution in [0.4, 0.5) is 5.88 Å². The largest absolute Gasteiger partial charge is 0.338 e. The van der Waals surface area contributed by atoms with E-state index >= 15 is 0 Å². The Hall–Kier alpha value is -1.85. The van der Waals surface area contributed by atoms with E-state index in [0.717, 1.165) is 30.5 Å². The molecule has 1 aliphatic heterocycles. The lowest BCUT2D eigenvalue weighted by atomic mass is 10.1. The molecule has 2 amide bonds. The zero-order valence-corrected chi connectivity index (χ0v) is 11.4. The molecule has 19 heavy (non-hydrogen) atoms. The fourth-order valence-electron chi connectivity index (χ4n) is 2.27. The number of rotatable bonds is 4. The molecule has 2 rings (SSSR count). The van der Waals surface area contributed by atoms with Crippen molar-refractivity contribution in [1.29, 1.82) is 0 Å². The van der Waals surface area contributed by atoms with Crippen molar-refractivity contribution in [2.24, 2.45) is 0 Å². The number of carbonyl (C=O) groups excluding carboxylic acids is 2. The number of amides is 2. The van der Waals surface area contributed by atoms with Crippen LogP contribution in [-0.4, -0.2) is 35.0 Å². The standard InChI is InChI=1S/C13H19N3O3/c1-3-10-9(2)15-19-13(10)14-11(17)8-16-7-5-4-6-12(16)18/h3-8H2,1-2H3,(H,14,17). The Labute approximate surface area is 112 Å². The summed E-state index contributed by atoms with van der Waals surface area (Å²) in [6, 6.07) is 0. The molecular formula is C13H19N3O3. The van der Waals surface area contributed by atoms with E-state index in [-0.39, 0.29) is 18.4 Å². The molecule has 1 N–H and O–H groups in total. The Morgan fingerprint density at radius 3 is 2.95 bits per heavy atom. The van der Waals surface area contributed by atoms with Crippen LogP contribution < -0.4 is 5.32 Å². The predicted molar refractivity (Wildman–Crippen MR) is 69.7 cm³/mol. The van der Waals surface area contributed by atoms with Crippen molar-refractivity contribution in [2.75, 3.05) is 18.4 Å². The van der Waals surface area contributed by atoms with Gasteiger partial charge in [0.15, 0.2) is 0 Å². The zero-order chi connectivity index (χ0) is 13.8. The summed E-state index contributed by atoms with van der Waals surface area (Å²) >= 11 is 0. The lowest BCUT2D eigenvalue weighted by Gasteiger charge is -2.25. The summed E-state index contributed by atoms with van der Waals surface area (Å²) in [4.78, 5) is 25.1. The molecule has 6 heteroatoms. The molecule has 6 nitrogen and oxygen atoms in total. The third kappa shape index (κ3) is 3.13. The van der Waals surface area contributed by atoms with E-state index in [9.17, 15) is 9.59 Å². The van der Waals surface area contributed by atoms with Gasteiger partial charge in [-0.1, -0.05) is 12.1 Å². The highest BCUT2D eigenvalue weighted by Gasteiger charge is 2.21. The molecule has 1 aromatic heterocycles. The average molecular weight is 265 g/mol. The lowest BCUT2D eigenvalue weighted by molar-refractivity contribution is -0.136. The number of piperidine rings is 1. The normalized spacial score (nSPS) is 15.7. The molecule has 0 saturated carbocycles. The minimum absolute atomic E-state index is 0.0471. The van der Waals surface area contributed by atoms with Crippen molar-refractivity contribution in [3.8, 4) is 0 Å². The maximum Gasteiger partial charge on any atom is 0.246 e. The molecular weight excluding hydrogens is 246 g/mol. The number of anilines is 1. The summed E-state index contributed by atoms with van der Waals surface area (Å²) in [6.07, 6.45) is 3.15. The van der Waals surface area contributed by atoms with Gasteiger partial charge < -0.3 is 9.42 Å². The summed E-state index contributed by atoms with van der Waals surface area (Å²) in [5.74, 6) is 0.210. The van der Waals surface area contributed by atoms with Gasteiger partial charge in [-0.05, 0) is 26.2 Å². The van der Waals surface area contributed by atoms with Gasteiger partial charge in [-0.3, -0.25) is 14.9 Å². The number of hydrogen-bond acceptors (Lipinski definition) is 4. The second kappa shape index (κ2) is 5.86. The Bertz CT molecular complexity index is 481. The van der Waals surface area contributed by atoms with Crippen LogP contribution >= 0.6 is 0 Å². The predicted octanol–water partition coefficient (Wildman–Crippen LogP) is 1.50. The van der Waals surface area contributed by atoms with Crippen LogP contribution in [0.3, 0.4) is 0 Å². The minimum atomic E-state index is -0.235. The summed E-state index contributed by atoms with van der Waals surface area (Å²) in [7, 11) is 0. The number of nitrogens with one attached hydrogen (secondary N) is 1. The number of nitrogens with zero attached hydrogens (tertiary/aromatic N) is 2. The molecule has 0 aromatic carbocycles. The van der Waals surface area contributed by atoms with Crippen molar-refractivity contribution in [3.05, 3.63) is 11.3 Å². The van der Waals surface area contributed by atoms with Crippen LogP contribution in [0.5, 0.6) is 0 Å². The molecule has 1 aromatic rings. The van der Waals surface area contributed by atoms with Gasteiger partial charge in [0, 0.05) is 18.5 Å². The van der Waals surface area contributed by atoms with Crippen LogP contribution in [0.1, 0.15) is 37.4 Å². The molecule has 0 aliphatic carbocycles. The van der Waals surface area contributed by atoms with Crippen LogP contribution in [0, 0.1) is 6.92 Å². The summed E-state index contributed by atoms with van der Waals surface area (Å²) in [5.41, 5.74) is 1.69. The fourth-order valence-corrected chi connectivity index (χ4v) is 2.27. The van der Waals surface area contributed by atoms with Gasteiger partial charge in [-0.15, -0.1) is 0 Å². The molecule has 0 radical (unpaired) electrons. The molecule has 0 atom stereocenters. The van der Waals surface area contributed by atoms with Crippen LogP contribution in [0.2, 0.25) is 0 Å². The summed E-state index contributed by atoms with van der Waals surface area (Å²) in [6.45, 7) is 4.56. The van der Waals surface area contributed by atoms with Gasteiger partial charge in [-0.25, -0.2) is 0 Å². The van der Waals surface area contributed by atoms with Crippen molar-refractivity contribution in [1.82, 2.24) is 10.1 Å². The fraction of sp³-hybridized carbons (Fsp3) is 0.615. The van der Waals surface area contributed by atoms with E-state index in [1.807, 2.05) is 13.8 Å². The Morgan fingerprint density at radius 2 is 2.26 bits per heavy atom. The number of likely N-dealkylation sites (tertiary alicyclic amines) is 1. The topological polar surface area (TPSA) is 75.4 Å². The van der Waals surface area contributed by atoms with Crippen LogP contribution in [-0.2, 0) is 16.0 Å². The average Bonchev–Trinajstić information content (AvgIpc) is 2.72. The van der Waals surface area contributed by atoms with Gasteiger partial charge in [0.25, 0.3) is 0 Å². The quantitative estimate of drug-likeness (QED) is 0.895. The maximum absolute atomic E-state index is 11.9. The van der Waals surface area contributed by atoms with E-state index in [1.165, 1.54) is 0 Å². The van der Waals surface area contributed by atoms with Crippen LogP contribution in [0.25, 0.3) is 0 Å². The number of aryl methyl sites for hydroxylation is 1. The highest BCUT2D eigenvalue weighted by Crippen LogP contribution is 2.19. The number of carbonyl (C=O) groups is 2. The first-order chi connectivity index (χ1) is 9.11. The smallest absolute Gasteiger partial charge is 0.246 e. The molecule has 2 heterocycles. The van der Waals surface area contributed by atoms with Gasteiger partial charge in [0.2, 0.25) is 17.7 Å². The van der Waals surface area contributed by atoms with Crippen molar-refractivity contribution in [3.63, 3.8) is 0 Å². The lowest BCUT2D eigenvalue weighted by Crippen LogP contribution is -2.40. The van der Waals surface area contributed by atoms with Gasteiger partial charge in [0.1, 0.15) is 0 Å². The summed E-state index contributed by atoms with van der Waals surface area (Å²) < 4.78 is 5.09. The Balaban J connectivity index is 1.95. The zero-order valence-electron chi connectivity index (χ0n) is 11.4. The van der Waals surface area contributed by atoms with E-state index in [0.29, 0.717) is 18.8 Å². The first-order valence-corrected chi connectivity index (χ1v) is 6.64. The molecule has 0 bridgehead atoms. The molecule has 0 spiro atoms. The van der Waals surface area contributed by atoms with Gasteiger partial charge in [0.05, 0.1) is 12.2 Å². The van der Waals surface area contributed by atoms with E-state index < -0.39 is 0 Å². The maximum atomic E-state index is 11.9. The molecule has 0 unspecified atom stereocenters.